The fraction of sp³-hybridized carbons (Fsp3) is 0.172. The van der Waals surface area contributed by atoms with Crippen LogP contribution in [0.2, 0.25) is 0 Å². The number of hydrogen-bond acceptors (Lipinski definition) is 6. The van der Waals surface area contributed by atoms with Crippen molar-refractivity contribution in [1.82, 2.24) is 4.90 Å². The van der Waals surface area contributed by atoms with Crippen molar-refractivity contribution < 1.29 is 23.9 Å². The van der Waals surface area contributed by atoms with E-state index in [9.17, 15) is 19.2 Å². The summed E-state index contributed by atoms with van der Waals surface area (Å²) in [6.45, 7) is 1.30. The molecule has 0 radical (unpaired) electrons. The molecule has 7 nitrogen and oxygen atoms in total. The number of halogens is 1. The molecule has 3 aliphatic rings. The molecule has 3 aliphatic heterocycles. The number of nitrogens with zero attached hydrogens (tertiary/aromatic N) is 2. The van der Waals surface area contributed by atoms with Gasteiger partial charge in [-0.05, 0) is 65.7 Å². The summed E-state index contributed by atoms with van der Waals surface area (Å²) in [6.07, 6.45) is 3.74. The average Bonchev–Trinajstić information content (AvgIpc) is 3.37. The van der Waals surface area contributed by atoms with Gasteiger partial charge in [0.2, 0.25) is 11.8 Å². The molecule has 0 bridgehead atoms. The van der Waals surface area contributed by atoms with Crippen molar-refractivity contribution in [2.75, 3.05) is 4.90 Å². The second-order valence-electron chi connectivity index (χ2n) is 9.30. The molecule has 3 aromatic rings. The van der Waals surface area contributed by atoms with Crippen LogP contribution in [0.15, 0.2) is 83.5 Å². The number of Topliss-reactive ketones (excluding diaryl/α,β-unsaturated/α-hetero) is 1. The molecule has 3 aromatic carbocycles. The van der Waals surface area contributed by atoms with Crippen molar-refractivity contribution in [3.8, 4) is 5.75 Å². The van der Waals surface area contributed by atoms with E-state index in [1.165, 1.54) is 11.8 Å². The van der Waals surface area contributed by atoms with E-state index in [0.29, 0.717) is 17.0 Å². The van der Waals surface area contributed by atoms with Crippen LogP contribution in [0.3, 0.4) is 0 Å². The smallest absolute Gasteiger partial charge is 0.308 e. The topological polar surface area (TPSA) is 84.0 Å². The highest BCUT2D eigenvalue weighted by molar-refractivity contribution is 9.10. The molecule has 4 atom stereocenters. The standard InChI is InChI=1S/C29H21BrN2O5/c1-16(33)37-21-12-6-18(7-13-21)27(34)26-24-23(25-22-5-3-2-4-17(22)14-15-31(25)26)28(35)32(29(24)36)20-10-8-19(30)9-11-20/h2-15,23-26H,1H3/t23-,24+,25+,26+/m0/s1. The Kier molecular flexibility index (Phi) is 5.56. The highest BCUT2D eigenvalue weighted by atomic mass is 79.9. The lowest BCUT2D eigenvalue weighted by Gasteiger charge is -2.35. The Morgan fingerprint density at radius 2 is 1.54 bits per heavy atom. The summed E-state index contributed by atoms with van der Waals surface area (Å²) in [5.74, 6) is -2.65. The Balaban J connectivity index is 1.44. The number of imide groups is 1. The summed E-state index contributed by atoms with van der Waals surface area (Å²) in [6, 6.07) is 19.7. The van der Waals surface area contributed by atoms with Gasteiger partial charge >= 0.3 is 5.97 Å². The molecule has 0 saturated carbocycles. The van der Waals surface area contributed by atoms with Gasteiger partial charge in [-0.3, -0.25) is 19.2 Å². The second-order valence-corrected chi connectivity index (χ2v) is 10.2. The minimum atomic E-state index is -0.865. The fourth-order valence-electron chi connectivity index (χ4n) is 5.73. The third-order valence-electron chi connectivity index (χ3n) is 7.22. The predicted molar refractivity (Wildman–Crippen MR) is 140 cm³/mol. The van der Waals surface area contributed by atoms with E-state index in [1.807, 2.05) is 41.4 Å². The molecule has 0 unspecified atom stereocenters. The summed E-state index contributed by atoms with van der Waals surface area (Å²) >= 11 is 3.39. The maximum absolute atomic E-state index is 14.0. The number of esters is 1. The van der Waals surface area contributed by atoms with E-state index in [2.05, 4.69) is 15.9 Å². The first kappa shape index (κ1) is 23.4. The van der Waals surface area contributed by atoms with Gasteiger partial charge in [0.05, 0.1) is 23.6 Å². The van der Waals surface area contributed by atoms with Crippen LogP contribution in [-0.2, 0) is 14.4 Å². The van der Waals surface area contributed by atoms with Crippen LogP contribution in [-0.4, -0.2) is 34.5 Å². The van der Waals surface area contributed by atoms with Gasteiger partial charge in [0.1, 0.15) is 11.8 Å². The quantitative estimate of drug-likeness (QED) is 0.199. The van der Waals surface area contributed by atoms with Crippen LogP contribution >= 0.6 is 15.9 Å². The van der Waals surface area contributed by atoms with Crippen molar-refractivity contribution in [2.45, 2.75) is 19.0 Å². The first-order valence-corrected chi connectivity index (χ1v) is 12.6. The third kappa shape index (κ3) is 3.71. The molecular formula is C29H21BrN2O5. The maximum atomic E-state index is 14.0. The SMILES string of the molecule is CC(=O)Oc1ccc(C(=O)[C@H]2[C@@H]3C(=O)N(c4ccc(Br)cc4)C(=O)[C@@H]3[C@H]3c4ccccc4C=CN32)cc1. The monoisotopic (exact) mass is 556 g/mol. The molecule has 8 heteroatoms. The zero-order valence-electron chi connectivity index (χ0n) is 19.7. The number of fused-ring (bicyclic) bond motifs is 5. The first-order valence-electron chi connectivity index (χ1n) is 11.9. The van der Waals surface area contributed by atoms with Crippen LogP contribution in [0.25, 0.3) is 6.08 Å². The molecule has 3 heterocycles. The number of carbonyl (C=O) groups excluding carboxylic acids is 4. The number of amides is 2. The average molecular weight is 557 g/mol. The Bertz CT molecular complexity index is 1480. The van der Waals surface area contributed by atoms with E-state index in [0.717, 1.165) is 15.6 Å². The number of carbonyl (C=O) groups is 4. The molecule has 0 spiro atoms. The van der Waals surface area contributed by atoms with E-state index in [4.69, 9.17) is 4.74 Å². The molecule has 2 fully saturated rings. The number of anilines is 1. The van der Waals surface area contributed by atoms with Crippen molar-refractivity contribution in [3.63, 3.8) is 0 Å². The first-order chi connectivity index (χ1) is 17.8. The van der Waals surface area contributed by atoms with Crippen LogP contribution in [0.4, 0.5) is 5.69 Å². The van der Waals surface area contributed by atoms with Gasteiger partial charge in [0.25, 0.3) is 0 Å². The van der Waals surface area contributed by atoms with Crippen molar-refractivity contribution in [1.29, 1.82) is 0 Å². The van der Waals surface area contributed by atoms with Gasteiger partial charge in [-0.25, -0.2) is 4.90 Å². The molecule has 6 rings (SSSR count). The van der Waals surface area contributed by atoms with Gasteiger partial charge in [-0.15, -0.1) is 0 Å². The van der Waals surface area contributed by atoms with Crippen LogP contribution in [0.1, 0.15) is 34.5 Å². The highest BCUT2D eigenvalue weighted by Gasteiger charge is 2.64. The van der Waals surface area contributed by atoms with Gasteiger partial charge in [-0.1, -0.05) is 40.2 Å². The van der Waals surface area contributed by atoms with Crippen molar-refractivity contribution in [2.24, 2.45) is 11.8 Å². The van der Waals surface area contributed by atoms with E-state index >= 15 is 0 Å². The molecule has 37 heavy (non-hydrogen) atoms. The number of hydrogen-bond donors (Lipinski definition) is 0. The lowest BCUT2D eigenvalue weighted by Crippen LogP contribution is -2.44. The van der Waals surface area contributed by atoms with E-state index in [1.54, 1.807) is 48.5 Å². The molecule has 0 aliphatic carbocycles. The largest absolute Gasteiger partial charge is 0.427 e. The normalized spacial score (nSPS) is 23.5. The molecule has 0 aromatic heterocycles. The number of ketones is 1. The van der Waals surface area contributed by atoms with Crippen molar-refractivity contribution in [3.05, 3.63) is 100 Å². The summed E-state index contributed by atoms with van der Waals surface area (Å²) in [4.78, 5) is 56.1. The summed E-state index contributed by atoms with van der Waals surface area (Å²) in [7, 11) is 0. The summed E-state index contributed by atoms with van der Waals surface area (Å²) < 4.78 is 5.92. The fourth-order valence-corrected chi connectivity index (χ4v) is 5.99. The Morgan fingerprint density at radius 3 is 2.24 bits per heavy atom. The van der Waals surface area contributed by atoms with Gasteiger partial charge in [-0.2, -0.15) is 0 Å². The van der Waals surface area contributed by atoms with Crippen LogP contribution in [0, 0.1) is 11.8 Å². The molecule has 184 valence electrons. The number of rotatable bonds is 4. The second kappa shape index (κ2) is 8.81. The molecular weight excluding hydrogens is 536 g/mol. The molecule has 2 saturated heterocycles. The number of ether oxygens (including phenoxy) is 1. The minimum absolute atomic E-state index is 0.269. The van der Waals surface area contributed by atoms with E-state index < -0.39 is 29.9 Å². The Labute approximate surface area is 221 Å². The highest BCUT2D eigenvalue weighted by Crippen LogP contribution is 2.53. The van der Waals surface area contributed by atoms with E-state index in [-0.39, 0.29) is 17.6 Å². The predicted octanol–water partition coefficient (Wildman–Crippen LogP) is 4.77. The lowest BCUT2D eigenvalue weighted by molar-refractivity contribution is -0.132. The van der Waals surface area contributed by atoms with Crippen molar-refractivity contribution >= 4 is 51.3 Å². The van der Waals surface area contributed by atoms with Gasteiger partial charge < -0.3 is 9.64 Å². The zero-order valence-corrected chi connectivity index (χ0v) is 21.3. The number of benzene rings is 3. The summed E-state index contributed by atoms with van der Waals surface area (Å²) in [5, 5.41) is 0. The lowest BCUT2D eigenvalue weighted by atomic mass is 9.83. The van der Waals surface area contributed by atoms with Crippen LogP contribution in [0.5, 0.6) is 5.75 Å². The van der Waals surface area contributed by atoms with Gasteiger partial charge in [0, 0.05) is 23.2 Å². The Morgan fingerprint density at radius 1 is 0.865 bits per heavy atom. The third-order valence-corrected chi connectivity index (χ3v) is 7.74. The summed E-state index contributed by atoms with van der Waals surface area (Å²) in [5.41, 5.74) is 2.73. The Hall–Kier alpha value is -4.04. The maximum Gasteiger partial charge on any atom is 0.308 e. The van der Waals surface area contributed by atoms with Crippen LogP contribution < -0.4 is 9.64 Å². The molecule has 0 N–H and O–H groups in total. The minimum Gasteiger partial charge on any atom is -0.427 e. The molecule has 2 amide bonds. The zero-order chi connectivity index (χ0) is 25.8. The van der Waals surface area contributed by atoms with Gasteiger partial charge in [0.15, 0.2) is 5.78 Å².